The van der Waals surface area contributed by atoms with Gasteiger partial charge in [0.15, 0.2) is 5.69 Å². The Morgan fingerprint density at radius 1 is 1.05 bits per heavy atom. The molecule has 1 amide bonds. The fraction of sp³-hybridized carbons (Fsp3) is 0.312. The smallest absolute Gasteiger partial charge is 0.276 e. The van der Waals surface area contributed by atoms with E-state index < -0.39 is 0 Å². The number of nitrogens with zero attached hydrogens (tertiary/aromatic N) is 2. The average molecular weight is 299 g/mol. The summed E-state index contributed by atoms with van der Waals surface area (Å²) < 4.78 is 0. The summed E-state index contributed by atoms with van der Waals surface area (Å²) in [7, 11) is 0. The van der Waals surface area contributed by atoms with Crippen molar-refractivity contribution in [1.82, 2.24) is 10.2 Å². The number of hydrogen-bond acceptors (Lipinski definition) is 4. The Balaban J connectivity index is 1.62. The van der Waals surface area contributed by atoms with E-state index in [9.17, 15) is 4.79 Å². The third-order valence-electron chi connectivity index (χ3n) is 3.49. The summed E-state index contributed by atoms with van der Waals surface area (Å²) in [5.74, 6) is -0.230. The van der Waals surface area contributed by atoms with Gasteiger partial charge in [0.2, 0.25) is 0 Å². The van der Waals surface area contributed by atoms with Gasteiger partial charge in [-0.05, 0) is 37.1 Å². The van der Waals surface area contributed by atoms with Crippen molar-refractivity contribution in [1.29, 1.82) is 0 Å². The van der Waals surface area contributed by atoms with Crippen LogP contribution in [0.4, 0.5) is 5.69 Å². The Kier molecular flexibility index (Phi) is 4.50. The summed E-state index contributed by atoms with van der Waals surface area (Å²) in [5.41, 5.74) is 1.10. The molecule has 21 heavy (non-hydrogen) atoms. The SMILES string of the molecule is O=C(Nc1ccccc1)c1ccc(SC2CCCC2)nn1. The first kappa shape index (κ1) is 14.1. The highest BCUT2D eigenvalue weighted by molar-refractivity contribution is 7.99. The van der Waals surface area contributed by atoms with Crippen LogP contribution >= 0.6 is 11.8 Å². The lowest BCUT2D eigenvalue weighted by molar-refractivity contribution is 0.102. The summed E-state index contributed by atoms with van der Waals surface area (Å²) in [4.78, 5) is 12.0. The molecule has 0 saturated heterocycles. The molecule has 1 heterocycles. The van der Waals surface area contributed by atoms with Crippen molar-refractivity contribution < 1.29 is 4.79 Å². The molecule has 2 aromatic rings. The monoisotopic (exact) mass is 299 g/mol. The van der Waals surface area contributed by atoms with Crippen LogP contribution < -0.4 is 5.32 Å². The Bertz CT molecular complexity index is 595. The Hall–Kier alpha value is -1.88. The van der Waals surface area contributed by atoms with Gasteiger partial charge in [-0.25, -0.2) is 0 Å². The molecule has 3 rings (SSSR count). The highest BCUT2D eigenvalue weighted by Crippen LogP contribution is 2.33. The first-order chi connectivity index (χ1) is 10.3. The van der Waals surface area contributed by atoms with Crippen LogP contribution in [0.1, 0.15) is 36.2 Å². The number of carbonyl (C=O) groups excluding carboxylic acids is 1. The lowest BCUT2D eigenvalue weighted by atomic mass is 10.3. The standard InChI is InChI=1S/C16H17N3OS/c20-16(17-12-6-2-1-3-7-12)14-10-11-15(19-18-14)21-13-8-4-5-9-13/h1-3,6-7,10-11,13H,4-5,8-9H2,(H,17,20). The number of para-hydroxylation sites is 1. The molecule has 0 unspecified atom stereocenters. The lowest BCUT2D eigenvalue weighted by Gasteiger charge is -2.07. The van der Waals surface area contributed by atoms with Crippen LogP contribution in [0.15, 0.2) is 47.5 Å². The molecule has 0 atom stereocenters. The molecule has 1 aromatic heterocycles. The lowest BCUT2D eigenvalue weighted by Crippen LogP contribution is -2.14. The molecule has 1 fully saturated rings. The van der Waals surface area contributed by atoms with Gasteiger partial charge in [-0.2, -0.15) is 0 Å². The zero-order chi connectivity index (χ0) is 14.5. The summed E-state index contributed by atoms with van der Waals surface area (Å²) >= 11 is 1.77. The minimum absolute atomic E-state index is 0.230. The van der Waals surface area contributed by atoms with E-state index in [0.717, 1.165) is 10.7 Å². The fourth-order valence-electron chi connectivity index (χ4n) is 2.40. The Labute approximate surface area is 128 Å². The minimum Gasteiger partial charge on any atom is -0.321 e. The minimum atomic E-state index is -0.230. The predicted octanol–water partition coefficient (Wildman–Crippen LogP) is 3.76. The molecule has 5 heteroatoms. The number of carbonyl (C=O) groups is 1. The highest BCUT2D eigenvalue weighted by atomic mass is 32.2. The summed E-state index contributed by atoms with van der Waals surface area (Å²) in [6, 6.07) is 13.0. The average Bonchev–Trinajstić information content (AvgIpc) is 3.02. The highest BCUT2D eigenvalue weighted by Gasteiger charge is 2.17. The first-order valence-corrected chi connectivity index (χ1v) is 8.06. The van der Waals surface area contributed by atoms with E-state index >= 15 is 0 Å². The Morgan fingerprint density at radius 2 is 1.81 bits per heavy atom. The van der Waals surface area contributed by atoms with Gasteiger partial charge in [-0.1, -0.05) is 31.0 Å². The van der Waals surface area contributed by atoms with Crippen molar-refractivity contribution in [3.63, 3.8) is 0 Å². The quantitative estimate of drug-likeness (QED) is 0.934. The van der Waals surface area contributed by atoms with Crippen LogP contribution in [0.5, 0.6) is 0 Å². The number of anilines is 1. The zero-order valence-corrected chi connectivity index (χ0v) is 12.5. The molecule has 0 bridgehead atoms. The molecule has 0 spiro atoms. The van der Waals surface area contributed by atoms with Gasteiger partial charge in [-0.15, -0.1) is 22.0 Å². The van der Waals surface area contributed by atoms with Crippen LogP contribution in [0.25, 0.3) is 0 Å². The van der Waals surface area contributed by atoms with Gasteiger partial charge >= 0.3 is 0 Å². The van der Waals surface area contributed by atoms with Gasteiger partial charge in [0.05, 0.1) is 0 Å². The Morgan fingerprint density at radius 3 is 2.48 bits per heavy atom. The third kappa shape index (κ3) is 3.82. The molecule has 1 aliphatic rings. The predicted molar refractivity (Wildman–Crippen MR) is 84.5 cm³/mol. The molecule has 1 N–H and O–H groups in total. The number of thioether (sulfide) groups is 1. The van der Waals surface area contributed by atoms with Crippen molar-refractivity contribution in [2.75, 3.05) is 5.32 Å². The summed E-state index contributed by atoms with van der Waals surface area (Å²) in [5, 5.41) is 12.6. The molecule has 108 valence electrons. The molecule has 1 aromatic carbocycles. The van der Waals surface area contributed by atoms with Crippen molar-refractivity contribution in [3.8, 4) is 0 Å². The van der Waals surface area contributed by atoms with E-state index in [1.54, 1.807) is 17.8 Å². The number of amides is 1. The van der Waals surface area contributed by atoms with Gasteiger partial charge in [0.25, 0.3) is 5.91 Å². The van der Waals surface area contributed by atoms with Crippen molar-refractivity contribution in [3.05, 3.63) is 48.2 Å². The third-order valence-corrected chi connectivity index (χ3v) is 4.76. The van der Waals surface area contributed by atoms with E-state index in [0.29, 0.717) is 10.9 Å². The molecule has 0 radical (unpaired) electrons. The largest absolute Gasteiger partial charge is 0.321 e. The van der Waals surface area contributed by atoms with E-state index in [1.165, 1.54) is 25.7 Å². The molecular formula is C16H17N3OS. The number of aromatic nitrogens is 2. The molecule has 1 aliphatic carbocycles. The maximum Gasteiger partial charge on any atom is 0.276 e. The molecule has 0 aliphatic heterocycles. The fourth-order valence-corrected chi connectivity index (χ4v) is 3.54. The van der Waals surface area contributed by atoms with Crippen molar-refractivity contribution >= 4 is 23.4 Å². The van der Waals surface area contributed by atoms with Crippen molar-refractivity contribution in [2.45, 2.75) is 36.0 Å². The van der Waals surface area contributed by atoms with E-state index in [-0.39, 0.29) is 5.91 Å². The van der Waals surface area contributed by atoms with Crippen LogP contribution in [0.3, 0.4) is 0 Å². The van der Waals surface area contributed by atoms with Crippen LogP contribution in [0, 0.1) is 0 Å². The summed E-state index contributed by atoms with van der Waals surface area (Å²) in [6.07, 6.45) is 5.12. The van der Waals surface area contributed by atoms with Gasteiger partial charge in [0.1, 0.15) is 5.03 Å². The number of rotatable bonds is 4. The van der Waals surface area contributed by atoms with E-state index in [1.807, 2.05) is 36.4 Å². The van der Waals surface area contributed by atoms with Gasteiger partial charge in [-0.3, -0.25) is 4.79 Å². The van der Waals surface area contributed by atoms with Crippen LogP contribution in [-0.2, 0) is 0 Å². The maximum atomic E-state index is 12.0. The van der Waals surface area contributed by atoms with Gasteiger partial charge in [0, 0.05) is 10.9 Å². The zero-order valence-electron chi connectivity index (χ0n) is 11.7. The molecule has 4 nitrogen and oxygen atoms in total. The van der Waals surface area contributed by atoms with Gasteiger partial charge < -0.3 is 5.32 Å². The number of nitrogens with one attached hydrogen (secondary N) is 1. The first-order valence-electron chi connectivity index (χ1n) is 7.18. The second-order valence-corrected chi connectivity index (χ2v) is 6.42. The number of benzene rings is 1. The number of hydrogen-bond donors (Lipinski definition) is 1. The second kappa shape index (κ2) is 6.72. The maximum absolute atomic E-state index is 12.0. The second-order valence-electron chi connectivity index (χ2n) is 5.10. The molecule has 1 saturated carbocycles. The normalized spacial score (nSPS) is 15.0. The van der Waals surface area contributed by atoms with E-state index in [4.69, 9.17) is 0 Å². The topological polar surface area (TPSA) is 54.9 Å². The summed E-state index contributed by atoms with van der Waals surface area (Å²) in [6.45, 7) is 0. The van der Waals surface area contributed by atoms with Crippen molar-refractivity contribution in [2.24, 2.45) is 0 Å². The van der Waals surface area contributed by atoms with Crippen LogP contribution in [0.2, 0.25) is 0 Å². The molecular weight excluding hydrogens is 282 g/mol. The van der Waals surface area contributed by atoms with Crippen LogP contribution in [-0.4, -0.2) is 21.4 Å². The van der Waals surface area contributed by atoms with E-state index in [2.05, 4.69) is 15.5 Å².